The van der Waals surface area contributed by atoms with Crippen LogP contribution in [0.1, 0.15) is 5.56 Å². The molecule has 0 amide bonds. The molecule has 0 bridgehead atoms. The Balaban J connectivity index is 0.00000225. The van der Waals surface area contributed by atoms with Crippen molar-refractivity contribution in [2.24, 2.45) is 0 Å². The van der Waals surface area contributed by atoms with Gasteiger partial charge in [0.05, 0.1) is 24.8 Å². The van der Waals surface area contributed by atoms with Crippen molar-refractivity contribution >= 4 is 24.0 Å². The Bertz CT molecular complexity index is 709. The Labute approximate surface area is 157 Å². The topological polar surface area (TPSA) is 39.7 Å². The van der Waals surface area contributed by atoms with E-state index >= 15 is 0 Å². The van der Waals surface area contributed by atoms with Gasteiger partial charge in [0.25, 0.3) is 0 Å². The highest BCUT2D eigenvalue weighted by atomic mass is 35.5. The van der Waals surface area contributed by atoms with E-state index < -0.39 is 5.82 Å². The van der Waals surface area contributed by atoms with E-state index in [1.807, 2.05) is 12.1 Å². The summed E-state index contributed by atoms with van der Waals surface area (Å²) in [6.07, 6.45) is 0.711. The van der Waals surface area contributed by atoms with Crippen molar-refractivity contribution in [2.75, 3.05) is 26.8 Å². The highest BCUT2D eigenvalue weighted by Gasteiger charge is 2.20. The van der Waals surface area contributed by atoms with Crippen molar-refractivity contribution in [1.82, 2.24) is 5.32 Å². The molecule has 1 saturated heterocycles. The third-order valence-corrected chi connectivity index (χ3v) is 4.15. The standard InChI is InChI=1S/C18H19ClFNO3.ClH/c1-22-16-4-2-3-12(9-14-11-21-7-8-23-14)18(16)24-17-10-13(20)5-6-15(17)19;/h2-6,10,14,21H,7-9,11H2,1H3;1H/t14-;/m0./s1. The predicted molar refractivity (Wildman–Crippen MR) is 98.0 cm³/mol. The monoisotopic (exact) mass is 387 g/mol. The van der Waals surface area contributed by atoms with E-state index in [-0.39, 0.29) is 24.3 Å². The molecule has 0 saturated carbocycles. The molecule has 25 heavy (non-hydrogen) atoms. The van der Waals surface area contributed by atoms with E-state index in [1.165, 1.54) is 18.2 Å². The summed E-state index contributed by atoms with van der Waals surface area (Å²) in [6, 6.07) is 9.66. The number of nitrogens with one attached hydrogen (secondary N) is 1. The lowest BCUT2D eigenvalue weighted by molar-refractivity contribution is 0.0289. The summed E-state index contributed by atoms with van der Waals surface area (Å²) >= 11 is 6.12. The zero-order valence-corrected chi connectivity index (χ0v) is 15.3. The molecule has 0 radical (unpaired) electrons. The maximum atomic E-state index is 13.5. The first kappa shape index (κ1) is 19.8. The first-order valence-electron chi connectivity index (χ1n) is 7.78. The van der Waals surface area contributed by atoms with Crippen LogP contribution < -0.4 is 14.8 Å². The number of halogens is 3. The average molecular weight is 388 g/mol. The fraction of sp³-hybridized carbons (Fsp3) is 0.333. The number of hydrogen-bond donors (Lipinski definition) is 1. The first-order chi connectivity index (χ1) is 11.7. The molecule has 0 aromatic heterocycles. The van der Waals surface area contributed by atoms with Crippen LogP contribution in [0.3, 0.4) is 0 Å². The van der Waals surface area contributed by atoms with Crippen LogP contribution in [0.5, 0.6) is 17.2 Å². The van der Waals surface area contributed by atoms with Gasteiger partial charge in [0, 0.05) is 31.1 Å². The minimum atomic E-state index is -0.411. The second-order valence-corrected chi connectivity index (χ2v) is 5.93. The quantitative estimate of drug-likeness (QED) is 0.832. The second-order valence-electron chi connectivity index (χ2n) is 5.53. The molecule has 2 aromatic carbocycles. The van der Waals surface area contributed by atoms with Gasteiger partial charge in [-0.25, -0.2) is 4.39 Å². The lowest BCUT2D eigenvalue weighted by Crippen LogP contribution is -2.39. The highest BCUT2D eigenvalue weighted by molar-refractivity contribution is 6.32. The molecule has 0 spiro atoms. The molecule has 1 fully saturated rings. The van der Waals surface area contributed by atoms with Crippen LogP contribution >= 0.6 is 24.0 Å². The van der Waals surface area contributed by atoms with Crippen molar-refractivity contribution in [3.8, 4) is 17.2 Å². The Kier molecular flexibility index (Phi) is 7.32. The number of benzene rings is 2. The molecule has 1 aliphatic heterocycles. The van der Waals surface area contributed by atoms with Gasteiger partial charge < -0.3 is 19.5 Å². The van der Waals surface area contributed by atoms with E-state index in [1.54, 1.807) is 13.2 Å². The molecule has 1 aliphatic rings. The molecule has 3 rings (SSSR count). The van der Waals surface area contributed by atoms with Crippen LogP contribution in [-0.4, -0.2) is 32.9 Å². The molecule has 1 atom stereocenters. The maximum absolute atomic E-state index is 13.5. The first-order valence-corrected chi connectivity index (χ1v) is 8.16. The molecule has 2 aromatic rings. The van der Waals surface area contributed by atoms with Gasteiger partial charge in [-0.2, -0.15) is 0 Å². The number of methoxy groups -OCH3 is 1. The number of rotatable bonds is 5. The van der Waals surface area contributed by atoms with Gasteiger partial charge in [0.2, 0.25) is 0 Å². The van der Waals surface area contributed by atoms with E-state index in [4.69, 9.17) is 25.8 Å². The average Bonchev–Trinajstić information content (AvgIpc) is 2.60. The van der Waals surface area contributed by atoms with Crippen LogP contribution in [0.25, 0.3) is 0 Å². The van der Waals surface area contributed by atoms with Crippen molar-refractivity contribution in [1.29, 1.82) is 0 Å². The second kappa shape index (κ2) is 9.25. The van der Waals surface area contributed by atoms with Crippen molar-refractivity contribution in [2.45, 2.75) is 12.5 Å². The normalized spacial score (nSPS) is 16.8. The minimum Gasteiger partial charge on any atom is -0.493 e. The Morgan fingerprint density at radius 3 is 2.84 bits per heavy atom. The molecular formula is C18H20Cl2FNO3. The Morgan fingerprint density at radius 1 is 1.28 bits per heavy atom. The van der Waals surface area contributed by atoms with E-state index in [0.717, 1.165) is 18.7 Å². The highest BCUT2D eigenvalue weighted by Crippen LogP contribution is 2.38. The molecule has 1 N–H and O–H groups in total. The van der Waals surface area contributed by atoms with Gasteiger partial charge in [0.1, 0.15) is 11.6 Å². The summed E-state index contributed by atoms with van der Waals surface area (Å²) in [5, 5.41) is 3.64. The van der Waals surface area contributed by atoms with E-state index in [2.05, 4.69) is 5.32 Å². The number of para-hydroxylation sites is 1. The van der Waals surface area contributed by atoms with Gasteiger partial charge in [-0.1, -0.05) is 23.7 Å². The molecule has 7 heteroatoms. The Hall–Kier alpha value is -1.53. The molecular weight excluding hydrogens is 368 g/mol. The van der Waals surface area contributed by atoms with Crippen LogP contribution in [0, 0.1) is 5.82 Å². The summed E-state index contributed by atoms with van der Waals surface area (Å²) in [5.41, 5.74) is 0.920. The minimum absolute atomic E-state index is 0. The smallest absolute Gasteiger partial charge is 0.172 e. The van der Waals surface area contributed by atoms with Gasteiger partial charge >= 0.3 is 0 Å². The summed E-state index contributed by atoms with van der Waals surface area (Å²) in [4.78, 5) is 0. The largest absolute Gasteiger partial charge is 0.493 e. The van der Waals surface area contributed by atoms with Gasteiger partial charge in [0.15, 0.2) is 11.5 Å². The fourth-order valence-electron chi connectivity index (χ4n) is 2.66. The molecule has 136 valence electrons. The van der Waals surface area contributed by atoms with Crippen LogP contribution in [0.4, 0.5) is 4.39 Å². The predicted octanol–water partition coefficient (Wildman–Crippen LogP) is 4.23. The number of hydrogen-bond acceptors (Lipinski definition) is 4. The molecule has 4 nitrogen and oxygen atoms in total. The van der Waals surface area contributed by atoms with Gasteiger partial charge in [-0.3, -0.25) is 0 Å². The summed E-state index contributed by atoms with van der Waals surface area (Å²) < 4.78 is 30.6. The lowest BCUT2D eigenvalue weighted by Gasteiger charge is -2.25. The zero-order valence-electron chi connectivity index (χ0n) is 13.8. The summed E-state index contributed by atoms with van der Waals surface area (Å²) in [7, 11) is 1.57. The van der Waals surface area contributed by atoms with Crippen LogP contribution in [-0.2, 0) is 11.2 Å². The summed E-state index contributed by atoms with van der Waals surface area (Å²) in [6.45, 7) is 2.31. The van der Waals surface area contributed by atoms with Gasteiger partial charge in [-0.15, -0.1) is 12.4 Å². The zero-order chi connectivity index (χ0) is 16.9. The number of ether oxygens (including phenoxy) is 3. The van der Waals surface area contributed by atoms with Crippen LogP contribution in [0.2, 0.25) is 5.02 Å². The lowest BCUT2D eigenvalue weighted by atomic mass is 10.1. The SMILES string of the molecule is COc1cccc(C[C@H]2CNCCO2)c1Oc1cc(F)ccc1Cl.Cl. The van der Waals surface area contributed by atoms with Crippen LogP contribution in [0.15, 0.2) is 36.4 Å². The molecule has 1 heterocycles. The van der Waals surface area contributed by atoms with E-state index in [9.17, 15) is 4.39 Å². The van der Waals surface area contributed by atoms with Crippen molar-refractivity contribution in [3.05, 3.63) is 52.8 Å². The fourth-order valence-corrected chi connectivity index (χ4v) is 2.82. The van der Waals surface area contributed by atoms with Crippen molar-refractivity contribution in [3.63, 3.8) is 0 Å². The molecule has 0 unspecified atom stereocenters. The van der Waals surface area contributed by atoms with E-state index in [0.29, 0.717) is 29.5 Å². The van der Waals surface area contributed by atoms with Crippen molar-refractivity contribution < 1.29 is 18.6 Å². The third-order valence-electron chi connectivity index (χ3n) is 3.84. The van der Waals surface area contributed by atoms with Gasteiger partial charge in [-0.05, 0) is 18.2 Å². The Morgan fingerprint density at radius 2 is 2.12 bits per heavy atom. The molecule has 0 aliphatic carbocycles. The summed E-state index contributed by atoms with van der Waals surface area (Å²) in [5.74, 6) is 0.939. The maximum Gasteiger partial charge on any atom is 0.172 e. The number of morpholine rings is 1. The third kappa shape index (κ3) is 4.98.